The van der Waals surface area contributed by atoms with E-state index in [0.29, 0.717) is 18.6 Å². The van der Waals surface area contributed by atoms with E-state index >= 15 is 0 Å². The van der Waals surface area contributed by atoms with Gasteiger partial charge in [-0.2, -0.15) is 0 Å². The first-order valence-corrected chi connectivity index (χ1v) is 7.15. The van der Waals surface area contributed by atoms with Crippen molar-refractivity contribution in [2.45, 2.75) is 25.9 Å². The van der Waals surface area contributed by atoms with Gasteiger partial charge in [0.2, 0.25) is 0 Å². The van der Waals surface area contributed by atoms with E-state index in [-0.39, 0.29) is 0 Å². The first kappa shape index (κ1) is 14.5. The normalized spacial score (nSPS) is 24.9. The molecular weight excluding hydrogens is 236 g/mol. The number of benzene rings is 1. The smallest absolute Gasteiger partial charge is 0.0475 e. The summed E-state index contributed by atoms with van der Waals surface area (Å²) in [6.45, 7) is 5.60. The van der Waals surface area contributed by atoms with Crippen LogP contribution in [0.15, 0.2) is 24.3 Å². The first-order chi connectivity index (χ1) is 9.10. The second-order valence-corrected chi connectivity index (χ2v) is 5.99. The summed E-state index contributed by atoms with van der Waals surface area (Å²) in [5, 5.41) is 9.48. The van der Waals surface area contributed by atoms with Gasteiger partial charge in [0.15, 0.2) is 0 Å². The van der Waals surface area contributed by atoms with Crippen molar-refractivity contribution >= 4 is 0 Å². The Morgan fingerprint density at radius 3 is 2.79 bits per heavy atom. The second-order valence-electron chi connectivity index (χ2n) is 5.99. The molecular formula is C16H26N2O. The molecule has 106 valence electrons. The molecule has 0 bridgehead atoms. The number of likely N-dealkylation sites (tertiary alicyclic amines) is 1. The Balaban J connectivity index is 1.99. The highest BCUT2D eigenvalue weighted by Crippen LogP contribution is 2.22. The molecule has 1 N–H and O–H groups in total. The van der Waals surface area contributed by atoms with Gasteiger partial charge in [-0.05, 0) is 45.5 Å². The maximum Gasteiger partial charge on any atom is 0.0475 e. The van der Waals surface area contributed by atoms with Crippen molar-refractivity contribution in [2.24, 2.45) is 5.92 Å². The standard InChI is InChI=1S/C16H26N2O/c1-13-5-4-6-14(9-13)10-18-8-7-15(12-19)16(11-18)17(2)3/h4-6,9,15-16,19H,7-8,10-12H2,1-3H3/t15-,16-/m1/s1. The van der Waals surface area contributed by atoms with Crippen LogP contribution in [0, 0.1) is 12.8 Å². The molecule has 0 aromatic heterocycles. The quantitative estimate of drug-likeness (QED) is 0.895. The minimum absolute atomic E-state index is 0.307. The lowest BCUT2D eigenvalue weighted by Gasteiger charge is -2.41. The zero-order valence-corrected chi connectivity index (χ0v) is 12.3. The van der Waals surface area contributed by atoms with E-state index in [1.165, 1.54) is 11.1 Å². The van der Waals surface area contributed by atoms with Crippen molar-refractivity contribution in [3.8, 4) is 0 Å². The summed E-state index contributed by atoms with van der Waals surface area (Å²) in [6, 6.07) is 9.21. The van der Waals surface area contributed by atoms with Crippen molar-refractivity contribution < 1.29 is 5.11 Å². The number of hydrogen-bond donors (Lipinski definition) is 1. The summed E-state index contributed by atoms with van der Waals surface area (Å²) in [6.07, 6.45) is 1.09. The third kappa shape index (κ3) is 3.78. The molecule has 1 aliphatic rings. The lowest BCUT2D eigenvalue weighted by Crippen LogP contribution is -2.51. The van der Waals surface area contributed by atoms with E-state index in [4.69, 9.17) is 0 Å². The van der Waals surface area contributed by atoms with E-state index in [9.17, 15) is 5.11 Å². The molecule has 1 heterocycles. The van der Waals surface area contributed by atoms with Crippen LogP contribution in [0.1, 0.15) is 17.5 Å². The SMILES string of the molecule is Cc1cccc(CN2CC[C@H](CO)[C@H](N(C)C)C2)c1. The first-order valence-electron chi connectivity index (χ1n) is 7.15. The van der Waals surface area contributed by atoms with Crippen LogP contribution < -0.4 is 0 Å². The van der Waals surface area contributed by atoms with Gasteiger partial charge >= 0.3 is 0 Å². The molecule has 1 saturated heterocycles. The highest BCUT2D eigenvalue weighted by molar-refractivity contribution is 5.22. The molecule has 19 heavy (non-hydrogen) atoms. The molecule has 2 atom stereocenters. The fourth-order valence-corrected chi connectivity index (χ4v) is 3.06. The molecule has 3 heteroatoms. The maximum absolute atomic E-state index is 9.48. The molecule has 2 rings (SSSR count). The zero-order valence-electron chi connectivity index (χ0n) is 12.3. The number of piperidine rings is 1. The van der Waals surface area contributed by atoms with Gasteiger partial charge in [-0.25, -0.2) is 0 Å². The Bertz CT molecular complexity index is 405. The highest BCUT2D eigenvalue weighted by Gasteiger charge is 2.29. The van der Waals surface area contributed by atoms with Gasteiger partial charge in [-0.1, -0.05) is 29.8 Å². The Kier molecular flexibility index (Phi) is 4.97. The Hall–Kier alpha value is -0.900. The predicted octanol–water partition coefficient (Wildman–Crippen LogP) is 1.74. The fraction of sp³-hybridized carbons (Fsp3) is 0.625. The van der Waals surface area contributed by atoms with Crippen molar-refractivity contribution in [2.75, 3.05) is 33.8 Å². The summed E-state index contributed by atoms with van der Waals surface area (Å²) < 4.78 is 0. The number of likely N-dealkylation sites (N-methyl/N-ethyl adjacent to an activating group) is 1. The molecule has 0 amide bonds. The molecule has 1 aromatic rings. The Morgan fingerprint density at radius 2 is 2.16 bits per heavy atom. The summed E-state index contributed by atoms with van der Waals surface area (Å²) in [7, 11) is 4.23. The highest BCUT2D eigenvalue weighted by atomic mass is 16.3. The van der Waals surface area contributed by atoms with Crippen LogP contribution in [0.4, 0.5) is 0 Å². The summed E-state index contributed by atoms with van der Waals surface area (Å²) in [5.41, 5.74) is 2.71. The van der Waals surface area contributed by atoms with Gasteiger partial charge in [0, 0.05) is 25.7 Å². The van der Waals surface area contributed by atoms with Crippen molar-refractivity contribution in [1.29, 1.82) is 0 Å². The van der Waals surface area contributed by atoms with Crippen LogP contribution in [0.25, 0.3) is 0 Å². The minimum Gasteiger partial charge on any atom is -0.396 e. The molecule has 0 spiro atoms. The molecule has 3 nitrogen and oxygen atoms in total. The average molecular weight is 262 g/mol. The lowest BCUT2D eigenvalue weighted by atomic mass is 9.91. The van der Waals surface area contributed by atoms with Gasteiger partial charge in [0.1, 0.15) is 0 Å². The van der Waals surface area contributed by atoms with E-state index in [1.54, 1.807) is 0 Å². The molecule has 1 aliphatic heterocycles. The van der Waals surface area contributed by atoms with Crippen LogP contribution in [0.3, 0.4) is 0 Å². The zero-order chi connectivity index (χ0) is 13.8. The maximum atomic E-state index is 9.48. The van der Waals surface area contributed by atoms with E-state index in [1.807, 2.05) is 0 Å². The summed E-state index contributed by atoms with van der Waals surface area (Å²) >= 11 is 0. The number of nitrogens with zero attached hydrogens (tertiary/aromatic N) is 2. The van der Waals surface area contributed by atoms with E-state index in [2.05, 4.69) is 55.1 Å². The Morgan fingerprint density at radius 1 is 1.37 bits per heavy atom. The minimum atomic E-state index is 0.307. The van der Waals surface area contributed by atoms with Crippen molar-refractivity contribution in [3.05, 3.63) is 35.4 Å². The molecule has 1 aromatic carbocycles. The predicted molar refractivity (Wildman–Crippen MR) is 79.1 cm³/mol. The van der Waals surface area contributed by atoms with Gasteiger partial charge in [-0.3, -0.25) is 4.90 Å². The van der Waals surface area contributed by atoms with Crippen LogP contribution in [-0.4, -0.2) is 54.7 Å². The van der Waals surface area contributed by atoms with Gasteiger partial charge in [-0.15, -0.1) is 0 Å². The van der Waals surface area contributed by atoms with Crippen LogP contribution in [0.2, 0.25) is 0 Å². The van der Waals surface area contributed by atoms with Gasteiger partial charge in [0.25, 0.3) is 0 Å². The van der Waals surface area contributed by atoms with Crippen LogP contribution in [-0.2, 0) is 6.54 Å². The largest absolute Gasteiger partial charge is 0.396 e. The van der Waals surface area contributed by atoms with Crippen molar-refractivity contribution in [3.63, 3.8) is 0 Å². The number of aliphatic hydroxyl groups excluding tert-OH is 1. The second kappa shape index (κ2) is 6.51. The molecule has 0 saturated carbocycles. The molecule has 0 unspecified atom stereocenters. The fourth-order valence-electron chi connectivity index (χ4n) is 3.06. The number of rotatable bonds is 4. The molecule has 0 aliphatic carbocycles. The van der Waals surface area contributed by atoms with Gasteiger partial charge in [0.05, 0.1) is 0 Å². The number of hydrogen-bond acceptors (Lipinski definition) is 3. The van der Waals surface area contributed by atoms with E-state index < -0.39 is 0 Å². The summed E-state index contributed by atoms with van der Waals surface area (Å²) in [5.74, 6) is 0.420. The third-order valence-electron chi connectivity index (χ3n) is 4.19. The van der Waals surface area contributed by atoms with Crippen LogP contribution >= 0.6 is 0 Å². The number of aryl methyl sites for hydroxylation is 1. The number of aliphatic hydroxyl groups is 1. The summed E-state index contributed by atoms with van der Waals surface area (Å²) in [4.78, 5) is 4.76. The monoisotopic (exact) mass is 262 g/mol. The van der Waals surface area contributed by atoms with Crippen LogP contribution in [0.5, 0.6) is 0 Å². The average Bonchev–Trinajstić information content (AvgIpc) is 2.38. The van der Waals surface area contributed by atoms with E-state index in [0.717, 1.165) is 26.1 Å². The third-order valence-corrected chi connectivity index (χ3v) is 4.19. The molecule has 1 fully saturated rings. The Labute approximate surface area is 116 Å². The topological polar surface area (TPSA) is 26.7 Å². The van der Waals surface area contributed by atoms with Gasteiger partial charge < -0.3 is 10.0 Å². The lowest BCUT2D eigenvalue weighted by molar-refractivity contribution is 0.0461. The van der Waals surface area contributed by atoms with Crippen molar-refractivity contribution in [1.82, 2.24) is 9.80 Å². The molecule has 0 radical (unpaired) electrons.